The summed E-state index contributed by atoms with van der Waals surface area (Å²) in [5.41, 5.74) is -0.402. The van der Waals surface area contributed by atoms with Crippen LogP contribution in [0.1, 0.15) is 93.4 Å². The van der Waals surface area contributed by atoms with Crippen molar-refractivity contribution in [1.29, 1.82) is 0 Å². The zero-order chi connectivity index (χ0) is 26.6. The summed E-state index contributed by atoms with van der Waals surface area (Å²) in [6.07, 6.45) is 11.8. The molecule has 0 aromatic carbocycles. The van der Waals surface area contributed by atoms with Crippen LogP contribution in [0.5, 0.6) is 0 Å². The summed E-state index contributed by atoms with van der Waals surface area (Å²) in [6, 6.07) is 0. The lowest BCUT2D eigenvalue weighted by Gasteiger charge is -2.77. The Labute approximate surface area is 223 Å². The molecule has 7 aliphatic rings. The van der Waals surface area contributed by atoms with Gasteiger partial charge >= 0.3 is 5.97 Å². The van der Waals surface area contributed by atoms with Crippen LogP contribution in [-0.2, 0) is 23.7 Å². The lowest BCUT2D eigenvalue weighted by Crippen LogP contribution is -2.84. The summed E-state index contributed by atoms with van der Waals surface area (Å²) in [7, 11) is 0. The fourth-order valence-corrected chi connectivity index (χ4v) is 10.6. The van der Waals surface area contributed by atoms with Gasteiger partial charge in [0.25, 0.3) is 0 Å². The second-order valence-corrected chi connectivity index (χ2v) is 14.8. The summed E-state index contributed by atoms with van der Waals surface area (Å²) >= 11 is 0. The van der Waals surface area contributed by atoms with Crippen molar-refractivity contribution in [2.75, 3.05) is 13.2 Å². The second-order valence-electron chi connectivity index (χ2n) is 14.8. The standard InChI is InChI=1S/C32H48O5/c1-9-31(19-35-31)17-32-24-11-10-15-29(7)22-13-12-20(2)34-18-28(22,6)16-14-23(29)30(24,8)26(36-21(3)33)25(37-32)27(32,4)5/h12-13,22-26H,2,9-11,14-19H2,1,3-8H3/t22-,23?,24?,25+,26-,28+,29+,30-,31?,32-/m1/s1. The average Bonchev–Trinajstić information content (AvgIpc) is 3.62. The Morgan fingerprint density at radius 3 is 2.46 bits per heavy atom. The number of carbonyl (C=O) groups excluding carboxylic acids is 1. The van der Waals surface area contributed by atoms with Crippen molar-refractivity contribution < 1.29 is 23.7 Å². The van der Waals surface area contributed by atoms with Crippen molar-refractivity contribution in [2.45, 2.75) is 117 Å². The molecule has 0 N–H and O–H groups in total. The van der Waals surface area contributed by atoms with Gasteiger partial charge in [0.05, 0.1) is 24.4 Å². The topological polar surface area (TPSA) is 57.3 Å². The predicted molar refractivity (Wildman–Crippen MR) is 143 cm³/mol. The van der Waals surface area contributed by atoms with Gasteiger partial charge in [-0.05, 0) is 61.3 Å². The van der Waals surface area contributed by atoms with Gasteiger partial charge in [-0.2, -0.15) is 0 Å². The van der Waals surface area contributed by atoms with Crippen LogP contribution in [0.25, 0.3) is 0 Å². The first-order chi connectivity index (χ1) is 17.3. The maximum absolute atomic E-state index is 12.6. The molecule has 6 fully saturated rings. The van der Waals surface area contributed by atoms with E-state index in [4.69, 9.17) is 18.9 Å². The number of fused-ring (bicyclic) bond motifs is 3. The first-order valence-corrected chi connectivity index (χ1v) is 14.8. The Hall–Kier alpha value is -1.33. The van der Waals surface area contributed by atoms with Crippen LogP contribution in [0.15, 0.2) is 24.5 Å². The van der Waals surface area contributed by atoms with Gasteiger partial charge in [-0.3, -0.25) is 4.79 Å². The minimum atomic E-state index is -0.252. The third kappa shape index (κ3) is 3.25. The molecule has 7 rings (SSSR count). The number of esters is 1. The third-order valence-corrected chi connectivity index (χ3v) is 12.7. The van der Waals surface area contributed by atoms with E-state index in [9.17, 15) is 4.79 Å². The molecule has 0 aromatic rings. The van der Waals surface area contributed by atoms with Gasteiger partial charge in [-0.15, -0.1) is 0 Å². The molecule has 3 saturated heterocycles. The fraction of sp³-hybridized carbons (Fsp3) is 0.844. The number of ether oxygens (including phenoxy) is 4. The van der Waals surface area contributed by atoms with Gasteiger partial charge in [0.15, 0.2) is 0 Å². The largest absolute Gasteiger partial charge is 0.494 e. The van der Waals surface area contributed by atoms with Crippen LogP contribution < -0.4 is 0 Å². The SMILES string of the molecule is C=C1C=C[C@@H]2[C@@](C)(CCC3[C@]4(C)C(CCC[C@]32C)[C@@]2(CC3(CC)CO3)O[C@@H]([C@H]4OC(C)=O)C2(C)C)CO1. The molecule has 3 unspecified atom stereocenters. The first-order valence-electron chi connectivity index (χ1n) is 14.8. The van der Waals surface area contributed by atoms with Crippen LogP contribution in [0.3, 0.4) is 0 Å². The minimum absolute atomic E-state index is 0.0557. The number of epoxide rings is 1. The second kappa shape index (κ2) is 7.87. The monoisotopic (exact) mass is 512 g/mol. The van der Waals surface area contributed by atoms with Crippen molar-refractivity contribution in [3.05, 3.63) is 24.5 Å². The van der Waals surface area contributed by atoms with Gasteiger partial charge in [0.1, 0.15) is 18.0 Å². The number of hydrogen-bond donors (Lipinski definition) is 0. The van der Waals surface area contributed by atoms with E-state index in [0.29, 0.717) is 17.8 Å². The first kappa shape index (κ1) is 25.9. The Morgan fingerprint density at radius 1 is 1.11 bits per heavy atom. The van der Waals surface area contributed by atoms with Crippen LogP contribution in [-0.4, -0.2) is 42.6 Å². The molecule has 4 aliphatic heterocycles. The molecule has 3 saturated carbocycles. The molecule has 0 radical (unpaired) electrons. The highest BCUT2D eigenvalue weighted by molar-refractivity contribution is 5.66. The highest BCUT2D eigenvalue weighted by Gasteiger charge is 2.81. The maximum Gasteiger partial charge on any atom is 0.303 e. The highest BCUT2D eigenvalue weighted by Crippen LogP contribution is 2.76. The van der Waals surface area contributed by atoms with Crippen LogP contribution in [0, 0.1) is 39.4 Å². The summed E-state index contributed by atoms with van der Waals surface area (Å²) < 4.78 is 25.6. The molecular formula is C32H48O5. The average molecular weight is 513 g/mol. The lowest BCUT2D eigenvalue weighted by atomic mass is 9.37. The summed E-state index contributed by atoms with van der Waals surface area (Å²) in [6.45, 7) is 21.7. The Kier molecular flexibility index (Phi) is 5.51. The zero-order valence-electron chi connectivity index (χ0n) is 24.2. The third-order valence-electron chi connectivity index (χ3n) is 12.7. The number of rotatable bonds is 4. The molecule has 206 valence electrons. The number of allylic oxidation sites excluding steroid dienone is 2. The molecular weight excluding hydrogens is 464 g/mol. The van der Waals surface area contributed by atoms with Gasteiger partial charge in [-0.25, -0.2) is 0 Å². The van der Waals surface area contributed by atoms with Gasteiger partial charge in [0, 0.05) is 29.6 Å². The van der Waals surface area contributed by atoms with Crippen molar-refractivity contribution >= 4 is 5.97 Å². The molecule has 10 atom stereocenters. The molecule has 3 aliphatic carbocycles. The molecule has 4 heterocycles. The predicted octanol–water partition coefficient (Wildman–Crippen LogP) is 6.61. The summed E-state index contributed by atoms with van der Waals surface area (Å²) in [5.74, 6) is 1.71. The quantitative estimate of drug-likeness (QED) is 0.313. The molecule has 5 heteroatoms. The van der Waals surface area contributed by atoms with Gasteiger partial charge < -0.3 is 18.9 Å². The number of hydrogen-bond acceptors (Lipinski definition) is 5. The normalized spacial score (nSPS) is 53.3. The fourth-order valence-electron chi connectivity index (χ4n) is 10.6. The Bertz CT molecular complexity index is 1030. The smallest absolute Gasteiger partial charge is 0.303 e. The van der Waals surface area contributed by atoms with E-state index in [2.05, 4.69) is 60.3 Å². The van der Waals surface area contributed by atoms with Crippen molar-refractivity contribution in [3.63, 3.8) is 0 Å². The van der Waals surface area contributed by atoms with Crippen molar-refractivity contribution in [2.24, 2.45) is 39.4 Å². The van der Waals surface area contributed by atoms with Crippen molar-refractivity contribution in [1.82, 2.24) is 0 Å². The van der Waals surface area contributed by atoms with E-state index in [0.717, 1.165) is 57.5 Å². The maximum atomic E-state index is 12.6. The van der Waals surface area contributed by atoms with Crippen molar-refractivity contribution in [3.8, 4) is 0 Å². The summed E-state index contributed by atoms with van der Waals surface area (Å²) in [5, 5.41) is 0. The molecule has 2 bridgehead atoms. The molecule has 0 aromatic heterocycles. The minimum Gasteiger partial charge on any atom is -0.494 e. The van der Waals surface area contributed by atoms with E-state index in [1.165, 1.54) is 6.42 Å². The van der Waals surface area contributed by atoms with E-state index >= 15 is 0 Å². The molecule has 0 amide bonds. The Balaban J connectivity index is 1.49. The molecule has 5 nitrogen and oxygen atoms in total. The molecule has 0 spiro atoms. The Morgan fingerprint density at radius 2 is 1.84 bits per heavy atom. The lowest BCUT2D eigenvalue weighted by molar-refractivity contribution is -0.428. The van der Waals surface area contributed by atoms with Crippen LogP contribution in [0.2, 0.25) is 0 Å². The number of carbonyl (C=O) groups is 1. The van der Waals surface area contributed by atoms with Crippen LogP contribution >= 0.6 is 0 Å². The van der Waals surface area contributed by atoms with E-state index in [-0.39, 0.29) is 51.0 Å². The highest BCUT2D eigenvalue weighted by atomic mass is 16.6. The molecule has 37 heavy (non-hydrogen) atoms. The summed E-state index contributed by atoms with van der Waals surface area (Å²) in [4.78, 5) is 12.6. The van der Waals surface area contributed by atoms with E-state index in [1.54, 1.807) is 6.92 Å². The zero-order valence-corrected chi connectivity index (χ0v) is 24.2. The van der Waals surface area contributed by atoms with E-state index in [1.807, 2.05) is 0 Å². The van der Waals surface area contributed by atoms with Gasteiger partial charge in [-0.1, -0.05) is 60.6 Å². The van der Waals surface area contributed by atoms with Gasteiger partial charge in [0.2, 0.25) is 0 Å². The van der Waals surface area contributed by atoms with E-state index < -0.39 is 0 Å². The van der Waals surface area contributed by atoms with Crippen LogP contribution in [0.4, 0.5) is 0 Å².